The first-order chi connectivity index (χ1) is 8.88. The summed E-state index contributed by atoms with van der Waals surface area (Å²) in [5, 5.41) is 4.77. The van der Waals surface area contributed by atoms with Crippen LogP contribution in [0.1, 0.15) is 24.4 Å². The molecular formula is C15H18N2O. The number of hydrogen-bond donors (Lipinski definition) is 2. The van der Waals surface area contributed by atoms with Crippen LogP contribution < -0.4 is 11.1 Å². The van der Waals surface area contributed by atoms with Gasteiger partial charge in [0.1, 0.15) is 5.58 Å². The van der Waals surface area contributed by atoms with E-state index in [0.29, 0.717) is 12.6 Å². The number of nitrogens with one attached hydrogen (secondary N) is 1. The molecule has 0 saturated carbocycles. The molecule has 1 aromatic heterocycles. The van der Waals surface area contributed by atoms with E-state index in [4.69, 9.17) is 10.2 Å². The van der Waals surface area contributed by atoms with E-state index in [1.807, 2.05) is 24.5 Å². The van der Waals surface area contributed by atoms with Crippen molar-refractivity contribution < 1.29 is 4.42 Å². The van der Waals surface area contributed by atoms with Gasteiger partial charge in [0.15, 0.2) is 0 Å². The van der Waals surface area contributed by atoms with Crippen molar-refractivity contribution in [3.63, 3.8) is 0 Å². The molecule has 1 aliphatic carbocycles. The van der Waals surface area contributed by atoms with E-state index in [9.17, 15) is 0 Å². The van der Waals surface area contributed by atoms with Crippen molar-refractivity contribution in [2.45, 2.75) is 24.9 Å². The lowest BCUT2D eigenvalue weighted by atomic mass is 10.0. The van der Waals surface area contributed by atoms with Crippen molar-refractivity contribution >= 4 is 11.0 Å². The molecule has 0 spiro atoms. The molecule has 0 bridgehead atoms. The topological polar surface area (TPSA) is 51.2 Å². The maximum atomic E-state index is 5.91. The van der Waals surface area contributed by atoms with Crippen LogP contribution in [-0.4, -0.2) is 12.6 Å². The summed E-state index contributed by atoms with van der Waals surface area (Å²) in [7, 11) is 0. The maximum Gasteiger partial charge on any atom is 0.134 e. The zero-order valence-corrected chi connectivity index (χ0v) is 10.3. The molecule has 1 aromatic carbocycles. The number of furan rings is 1. The smallest absolute Gasteiger partial charge is 0.134 e. The van der Waals surface area contributed by atoms with Crippen molar-refractivity contribution in [2.75, 3.05) is 6.54 Å². The Morgan fingerprint density at radius 2 is 2.06 bits per heavy atom. The van der Waals surface area contributed by atoms with E-state index in [1.54, 1.807) is 0 Å². The van der Waals surface area contributed by atoms with Crippen LogP contribution in [0.15, 0.2) is 47.1 Å². The summed E-state index contributed by atoms with van der Waals surface area (Å²) in [6.07, 6.45) is 8.45. The Kier molecular flexibility index (Phi) is 3.17. The molecular weight excluding hydrogens is 224 g/mol. The van der Waals surface area contributed by atoms with Crippen LogP contribution in [0.3, 0.4) is 0 Å². The Labute approximate surface area is 107 Å². The van der Waals surface area contributed by atoms with E-state index in [-0.39, 0.29) is 6.04 Å². The van der Waals surface area contributed by atoms with Crippen LogP contribution in [-0.2, 0) is 0 Å². The lowest BCUT2D eigenvalue weighted by molar-refractivity contribution is 0.450. The zero-order chi connectivity index (χ0) is 12.4. The second-order valence-corrected chi connectivity index (χ2v) is 4.78. The van der Waals surface area contributed by atoms with Gasteiger partial charge in [-0.25, -0.2) is 0 Å². The second-order valence-electron chi connectivity index (χ2n) is 4.78. The number of rotatable bonds is 4. The molecule has 0 saturated heterocycles. The van der Waals surface area contributed by atoms with Gasteiger partial charge in [0.2, 0.25) is 0 Å². The van der Waals surface area contributed by atoms with Gasteiger partial charge in [-0.3, -0.25) is 0 Å². The summed E-state index contributed by atoms with van der Waals surface area (Å²) in [5.74, 6) is 0. The first-order valence-electron chi connectivity index (χ1n) is 6.45. The van der Waals surface area contributed by atoms with E-state index < -0.39 is 0 Å². The highest BCUT2D eigenvalue weighted by atomic mass is 16.3. The Morgan fingerprint density at radius 1 is 1.28 bits per heavy atom. The summed E-state index contributed by atoms with van der Waals surface area (Å²) in [6.45, 7) is 0.583. The molecule has 1 unspecified atom stereocenters. The Morgan fingerprint density at radius 3 is 2.83 bits per heavy atom. The van der Waals surface area contributed by atoms with Gasteiger partial charge in [-0.1, -0.05) is 30.4 Å². The predicted molar refractivity (Wildman–Crippen MR) is 73.3 cm³/mol. The molecule has 3 heteroatoms. The predicted octanol–water partition coefficient (Wildman–Crippen LogP) is 2.74. The lowest BCUT2D eigenvalue weighted by Crippen LogP contribution is -2.35. The average Bonchev–Trinajstić information content (AvgIpc) is 3.05. The third-order valence-electron chi connectivity index (χ3n) is 3.57. The molecule has 2 aromatic rings. The minimum atomic E-state index is 0.165. The largest absolute Gasteiger partial charge is 0.464 e. The van der Waals surface area contributed by atoms with Crippen LogP contribution in [0.5, 0.6) is 0 Å². The average molecular weight is 242 g/mol. The fourth-order valence-corrected chi connectivity index (χ4v) is 2.59. The van der Waals surface area contributed by atoms with Crippen LogP contribution in [0, 0.1) is 0 Å². The first-order valence-corrected chi connectivity index (χ1v) is 6.45. The molecule has 94 valence electrons. The highest BCUT2D eigenvalue weighted by Gasteiger charge is 2.19. The van der Waals surface area contributed by atoms with Crippen LogP contribution in [0.2, 0.25) is 0 Å². The van der Waals surface area contributed by atoms with Gasteiger partial charge in [0.25, 0.3) is 0 Å². The summed E-state index contributed by atoms with van der Waals surface area (Å²) in [4.78, 5) is 0. The van der Waals surface area contributed by atoms with Crippen molar-refractivity contribution in [2.24, 2.45) is 5.73 Å². The summed E-state index contributed by atoms with van der Waals surface area (Å²) in [6, 6.07) is 8.77. The monoisotopic (exact) mass is 242 g/mol. The Bertz CT molecular complexity index is 550. The molecule has 0 aliphatic heterocycles. The molecule has 1 heterocycles. The van der Waals surface area contributed by atoms with E-state index in [2.05, 4.69) is 23.5 Å². The fraction of sp³-hybridized carbons (Fsp3) is 0.333. The molecule has 0 amide bonds. The van der Waals surface area contributed by atoms with Crippen molar-refractivity contribution in [3.8, 4) is 0 Å². The molecule has 3 nitrogen and oxygen atoms in total. The molecule has 18 heavy (non-hydrogen) atoms. The van der Waals surface area contributed by atoms with E-state index >= 15 is 0 Å². The third-order valence-corrected chi connectivity index (χ3v) is 3.57. The Balaban J connectivity index is 1.86. The molecule has 1 aliphatic rings. The van der Waals surface area contributed by atoms with Crippen molar-refractivity contribution in [1.82, 2.24) is 5.32 Å². The van der Waals surface area contributed by atoms with Crippen LogP contribution in [0.4, 0.5) is 0 Å². The zero-order valence-electron chi connectivity index (χ0n) is 10.3. The van der Waals surface area contributed by atoms with Gasteiger partial charge in [-0.05, 0) is 18.9 Å². The van der Waals surface area contributed by atoms with Crippen molar-refractivity contribution in [3.05, 3.63) is 48.2 Å². The number of fused-ring (bicyclic) bond motifs is 1. The summed E-state index contributed by atoms with van der Waals surface area (Å²) < 4.78 is 5.59. The minimum absolute atomic E-state index is 0.165. The fourth-order valence-electron chi connectivity index (χ4n) is 2.59. The minimum Gasteiger partial charge on any atom is -0.464 e. The van der Waals surface area contributed by atoms with Gasteiger partial charge in [0.05, 0.1) is 6.26 Å². The van der Waals surface area contributed by atoms with Gasteiger partial charge in [-0.2, -0.15) is 0 Å². The molecule has 3 N–H and O–H groups in total. The molecule has 0 radical (unpaired) electrons. The van der Waals surface area contributed by atoms with Gasteiger partial charge >= 0.3 is 0 Å². The van der Waals surface area contributed by atoms with Gasteiger partial charge in [0, 0.05) is 29.6 Å². The SMILES string of the molecule is NCC(NC1CC=CC1)c1coc2ccccc12. The van der Waals surface area contributed by atoms with E-state index in [0.717, 1.165) is 23.8 Å². The van der Waals surface area contributed by atoms with Crippen LogP contribution in [0.25, 0.3) is 11.0 Å². The number of hydrogen-bond acceptors (Lipinski definition) is 3. The molecule has 1 atom stereocenters. The van der Waals surface area contributed by atoms with Crippen LogP contribution >= 0.6 is 0 Å². The number of benzene rings is 1. The second kappa shape index (κ2) is 4.96. The first kappa shape index (κ1) is 11.5. The van der Waals surface area contributed by atoms with E-state index in [1.165, 1.54) is 5.56 Å². The molecule has 3 rings (SSSR count). The van der Waals surface area contributed by atoms with Gasteiger partial charge in [-0.15, -0.1) is 0 Å². The lowest BCUT2D eigenvalue weighted by Gasteiger charge is -2.20. The number of para-hydroxylation sites is 1. The standard InChI is InChI=1S/C15H18N2O/c16-9-14(17-11-5-1-2-6-11)13-10-18-15-8-4-3-7-12(13)15/h1-4,7-8,10-11,14,17H,5-6,9,16H2. The maximum absolute atomic E-state index is 5.91. The normalized spacial score (nSPS) is 17.6. The summed E-state index contributed by atoms with van der Waals surface area (Å²) in [5.41, 5.74) is 8.00. The van der Waals surface area contributed by atoms with Gasteiger partial charge < -0.3 is 15.5 Å². The molecule has 0 fully saturated rings. The van der Waals surface area contributed by atoms with Crippen molar-refractivity contribution in [1.29, 1.82) is 0 Å². The Hall–Kier alpha value is -1.58. The highest BCUT2D eigenvalue weighted by Crippen LogP contribution is 2.27. The quantitative estimate of drug-likeness (QED) is 0.810. The number of nitrogens with two attached hydrogens (primary N) is 1. The highest BCUT2D eigenvalue weighted by molar-refractivity contribution is 5.81. The third kappa shape index (κ3) is 2.07. The summed E-state index contributed by atoms with van der Waals surface area (Å²) >= 11 is 0.